The largest absolute Gasteiger partial charge is 0.341 e. The summed E-state index contributed by atoms with van der Waals surface area (Å²) in [7, 11) is 0. The second-order valence-corrected chi connectivity index (χ2v) is 6.46. The second-order valence-electron chi connectivity index (χ2n) is 5.41. The van der Waals surface area contributed by atoms with Gasteiger partial charge in [-0.25, -0.2) is 9.97 Å². The predicted molar refractivity (Wildman–Crippen MR) is 87.8 cm³/mol. The minimum Gasteiger partial charge on any atom is -0.341 e. The van der Waals surface area contributed by atoms with Crippen LogP contribution in [0.15, 0.2) is 53.8 Å². The zero-order chi connectivity index (χ0) is 15.2. The number of rotatable bonds is 4. The molecule has 1 amide bonds. The Morgan fingerprint density at radius 3 is 2.91 bits per heavy atom. The number of benzene rings is 1. The molecule has 114 valence electrons. The molecule has 1 atom stereocenters. The maximum absolute atomic E-state index is 12.4. The van der Waals surface area contributed by atoms with Crippen molar-refractivity contribution in [1.29, 1.82) is 0 Å². The van der Waals surface area contributed by atoms with E-state index in [1.807, 2.05) is 41.3 Å². The number of nitrogens with zero attached hydrogens (tertiary/aromatic N) is 3. The average Bonchev–Trinajstić information content (AvgIpc) is 2.61. The third-order valence-corrected chi connectivity index (χ3v) is 4.90. The topological polar surface area (TPSA) is 46.1 Å². The molecule has 1 saturated heterocycles. The zero-order valence-electron chi connectivity index (χ0n) is 12.4. The molecular weight excluding hydrogens is 294 g/mol. The Hall–Kier alpha value is -1.88. The molecule has 0 radical (unpaired) electrons. The Kier molecular flexibility index (Phi) is 5.06. The highest BCUT2D eigenvalue weighted by molar-refractivity contribution is 8.00. The Morgan fingerprint density at radius 1 is 1.27 bits per heavy atom. The molecule has 1 aliphatic heterocycles. The number of carbonyl (C=O) groups excluding carboxylic acids is 1. The van der Waals surface area contributed by atoms with Gasteiger partial charge in [-0.3, -0.25) is 4.79 Å². The smallest absolute Gasteiger partial charge is 0.232 e. The molecule has 2 aromatic rings. The van der Waals surface area contributed by atoms with Crippen LogP contribution in [0.5, 0.6) is 0 Å². The van der Waals surface area contributed by atoms with E-state index in [0.29, 0.717) is 11.7 Å². The quantitative estimate of drug-likeness (QED) is 0.814. The van der Waals surface area contributed by atoms with E-state index in [0.717, 1.165) is 36.5 Å². The lowest BCUT2D eigenvalue weighted by Gasteiger charge is -2.32. The summed E-state index contributed by atoms with van der Waals surface area (Å²) in [6, 6.07) is 12.0. The number of amides is 1. The minimum absolute atomic E-state index is 0.215. The van der Waals surface area contributed by atoms with E-state index in [9.17, 15) is 4.79 Å². The average molecular weight is 313 g/mol. The van der Waals surface area contributed by atoms with Crippen LogP contribution in [0.2, 0.25) is 0 Å². The summed E-state index contributed by atoms with van der Waals surface area (Å²) >= 11 is 1.60. The van der Waals surface area contributed by atoms with Gasteiger partial charge in [0.2, 0.25) is 5.91 Å². The molecule has 1 aromatic carbocycles. The van der Waals surface area contributed by atoms with E-state index in [-0.39, 0.29) is 5.91 Å². The lowest BCUT2D eigenvalue weighted by molar-refractivity contribution is -0.129. The number of likely N-dealkylation sites (tertiary alicyclic amines) is 1. The summed E-state index contributed by atoms with van der Waals surface area (Å²) in [4.78, 5) is 23.8. The maximum Gasteiger partial charge on any atom is 0.232 e. The fourth-order valence-corrected chi connectivity index (χ4v) is 3.56. The van der Waals surface area contributed by atoms with Crippen LogP contribution in [0.25, 0.3) is 0 Å². The highest BCUT2D eigenvalue weighted by Gasteiger charge is 2.25. The number of thioether (sulfide) groups is 1. The fraction of sp³-hybridized carbons (Fsp3) is 0.353. The third kappa shape index (κ3) is 3.85. The van der Waals surface area contributed by atoms with Gasteiger partial charge in [0, 0.05) is 35.8 Å². The number of hydrogen-bond donors (Lipinski definition) is 0. The first kappa shape index (κ1) is 15.0. The Bertz CT molecular complexity index is 606. The van der Waals surface area contributed by atoms with Crippen LogP contribution in [0.1, 0.15) is 24.5 Å². The van der Waals surface area contributed by atoms with E-state index in [4.69, 9.17) is 0 Å². The molecule has 0 bridgehead atoms. The van der Waals surface area contributed by atoms with Gasteiger partial charge in [-0.1, -0.05) is 18.2 Å². The first-order chi connectivity index (χ1) is 10.8. The molecule has 22 heavy (non-hydrogen) atoms. The molecule has 0 aliphatic carbocycles. The van der Waals surface area contributed by atoms with Crippen molar-refractivity contribution in [2.24, 2.45) is 0 Å². The Morgan fingerprint density at radius 2 is 2.14 bits per heavy atom. The molecule has 1 aliphatic rings. The highest BCUT2D eigenvalue weighted by atomic mass is 32.2. The summed E-state index contributed by atoms with van der Waals surface area (Å²) in [5.74, 6) is 1.05. The summed E-state index contributed by atoms with van der Waals surface area (Å²) < 4.78 is 0. The van der Waals surface area contributed by atoms with Gasteiger partial charge in [-0.2, -0.15) is 0 Å². The van der Waals surface area contributed by atoms with Gasteiger partial charge in [0.15, 0.2) is 0 Å². The van der Waals surface area contributed by atoms with Crippen LogP contribution < -0.4 is 0 Å². The van der Waals surface area contributed by atoms with Crippen LogP contribution in [0.4, 0.5) is 0 Å². The molecule has 4 nitrogen and oxygen atoms in total. The molecule has 2 heterocycles. The van der Waals surface area contributed by atoms with E-state index in [1.54, 1.807) is 24.3 Å². The summed E-state index contributed by atoms with van der Waals surface area (Å²) in [5, 5.41) is 0. The van der Waals surface area contributed by atoms with E-state index < -0.39 is 0 Å². The molecule has 1 unspecified atom stereocenters. The predicted octanol–water partition coefficient (Wildman–Crippen LogP) is 2.97. The maximum atomic E-state index is 12.4. The van der Waals surface area contributed by atoms with Crippen LogP contribution in [-0.4, -0.2) is 39.6 Å². The SMILES string of the molecule is O=C(CSc1ccccc1)N1CCCC(c2ccncn2)C1. The van der Waals surface area contributed by atoms with Gasteiger partial charge in [0.05, 0.1) is 5.75 Å². The van der Waals surface area contributed by atoms with Gasteiger partial charge in [-0.05, 0) is 31.0 Å². The van der Waals surface area contributed by atoms with Crippen LogP contribution in [0, 0.1) is 0 Å². The van der Waals surface area contributed by atoms with E-state index in [2.05, 4.69) is 9.97 Å². The van der Waals surface area contributed by atoms with Crippen LogP contribution in [-0.2, 0) is 4.79 Å². The van der Waals surface area contributed by atoms with Crippen molar-refractivity contribution >= 4 is 17.7 Å². The molecule has 3 rings (SSSR count). The van der Waals surface area contributed by atoms with Gasteiger partial charge in [-0.15, -0.1) is 11.8 Å². The second kappa shape index (κ2) is 7.40. The number of hydrogen-bond acceptors (Lipinski definition) is 4. The number of piperidine rings is 1. The van der Waals surface area contributed by atoms with Gasteiger partial charge >= 0.3 is 0 Å². The van der Waals surface area contributed by atoms with Crippen LogP contribution >= 0.6 is 11.8 Å². The third-order valence-electron chi connectivity index (χ3n) is 3.90. The van der Waals surface area contributed by atoms with Gasteiger partial charge < -0.3 is 4.90 Å². The highest BCUT2D eigenvalue weighted by Crippen LogP contribution is 2.26. The monoisotopic (exact) mass is 313 g/mol. The minimum atomic E-state index is 0.215. The molecule has 0 N–H and O–H groups in total. The zero-order valence-corrected chi connectivity index (χ0v) is 13.2. The molecule has 1 aromatic heterocycles. The first-order valence-electron chi connectivity index (χ1n) is 7.54. The summed E-state index contributed by atoms with van der Waals surface area (Å²) in [6.45, 7) is 1.63. The summed E-state index contributed by atoms with van der Waals surface area (Å²) in [5.41, 5.74) is 1.04. The van der Waals surface area contributed by atoms with E-state index >= 15 is 0 Å². The number of aromatic nitrogens is 2. The molecule has 0 saturated carbocycles. The Balaban J connectivity index is 1.56. The van der Waals surface area contributed by atoms with Crippen molar-refractivity contribution in [1.82, 2.24) is 14.9 Å². The van der Waals surface area contributed by atoms with Gasteiger partial charge in [0.25, 0.3) is 0 Å². The fourth-order valence-electron chi connectivity index (χ4n) is 2.74. The van der Waals surface area contributed by atoms with Crippen molar-refractivity contribution in [3.05, 3.63) is 54.6 Å². The number of carbonyl (C=O) groups is 1. The normalized spacial score (nSPS) is 18.2. The lowest BCUT2D eigenvalue weighted by atomic mass is 9.94. The summed E-state index contributed by atoms with van der Waals surface area (Å²) in [6.07, 6.45) is 5.48. The molecule has 0 spiro atoms. The van der Waals surface area contributed by atoms with Gasteiger partial charge in [0.1, 0.15) is 6.33 Å². The van der Waals surface area contributed by atoms with E-state index in [1.165, 1.54) is 0 Å². The van der Waals surface area contributed by atoms with Crippen molar-refractivity contribution in [2.45, 2.75) is 23.7 Å². The molecule has 1 fully saturated rings. The van der Waals surface area contributed by atoms with Crippen molar-refractivity contribution < 1.29 is 4.79 Å². The van der Waals surface area contributed by atoms with Crippen molar-refractivity contribution in [2.75, 3.05) is 18.8 Å². The standard InChI is InChI=1S/C17H19N3OS/c21-17(12-22-15-6-2-1-3-7-15)20-10-4-5-14(11-20)16-8-9-18-13-19-16/h1-3,6-9,13-14H,4-5,10-12H2. The Labute approximate surface area is 135 Å². The van der Waals surface area contributed by atoms with Crippen molar-refractivity contribution in [3.63, 3.8) is 0 Å². The molecular formula is C17H19N3OS. The van der Waals surface area contributed by atoms with Crippen LogP contribution in [0.3, 0.4) is 0 Å². The van der Waals surface area contributed by atoms with Crippen molar-refractivity contribution in [3.8, 4) is 0 Å². The first-order valence-corrected chi connectivity index (χ1v) is 8.53. The lowest BCUT2D eigenvalue weighted by Crippen LogP contribution is -2.40. The molecule has 5 heteroatoms.